The van der Waals surface area contributed by atoms with Gasteiger partial charge in [0.25, 0.3) is 0 Å². The monoisotopic (exact) mass is 984 g/mol. The topological polar surface area (TPSA) is 9.86 Å². The first-order valence-corrected chi connectivity index (χ1v) is 27.9. The molecule has 2 nitrogen and oxygen atoms in total. The van der Waals surface area contributed by atoms with Gasteiger partial charge in [-0.2, -0.15) is 0 Å². The SMILES string of the molecule is C/C=C/CC(C)(c1ccc2c(c1)-c1ccccc1CI2C(C=C(C)C)(CC)c1ccc2c(c1)c1ccccc1n2-c1ccc2c(c1)sc1ccccc12)n1c2ccccc2c2ccccc21. The van der Waals surface area contributed by atoms with Crippen LogP contribution in [0.5, 0.6) is 0 Å². The van der Waals surface area contributed by atoms with Gasteiger partial charge in [0.1, 0.15) is 0 Å². The molecule has 0 saturated heterocycles. The molecule has 0 amide bonds. The van der Waals surface area contributed by atoms with Gasteiger partial charge >= 0.3 is 390 Å². The molecule has 0 aliphatic carbocycles. The van der Waals surface area contributed by atoms with Crippen molar-refractivity contribution in [3.05, 3.63) is 220 Å². The van der Waals surface area contributed by atoms with E-state index in [0.29, 0.717) is 0 Å². The number of benzene rings is 8. The Morgan fingerprint density at radius 2 is 1.21 bits per heavy atom. The van der Waals surface area contributed by atoms with Crippen LogP contribution in [0.1, 0.15) is 64.2 Å². The van der Waals surface area contributed by atoms with Crippen LogP contribution in [-0.2, 0) is 13.4 Å². The summed E-state index contributed by atoms with van der Waals surface area (Å²) in [7, 11) is 0. The first-order valence-electron chi connectivity index (χ1n) is 23.4. The number of hydrogen-bond donors (Lipinski definition) is 0. The van der Waals surface area contributed by atoms with Crippen LogP contribution >= 0.6 is 31.2 Å². The van der Waals surface area contributed by atoms with Crippen LogP contribution in [0.2, 0.25) is 0 Å². The zero-order chi connectivity index (χ0) is 44.7. The minimum absolute atomic E-state index is 0.110. The normalized spacial score (nSPS) is 15.2. The molecule has 2 unspecified atom stereocenters. The van der Waals surface area contributed by atoms with E-state index in [0.717, 1.165) is 17.3 Å². The molecule has 66 heavy (non-hydrogen) atoms. The molecule has 11 aromatic rings. The summed E-state index contributed by atoms with van der Waals surface area (Å²) in [6, 6.07) is 67.4. The van der Waals surface area contributed by atoms with Gasteiger partial charge in [-0.1, -0.05) is 12.1 Å². The van der Waals surface area contributed by atoms with Crippen molar-refractivity contribution in [3.8, 4) is 16.8 Å². The molecule has 1 aliphatic rings. The summed E-state index contributed by atoms with van der Waals surface area (Å²) < 4.78 is 10.4. The van der Waals surface area contributed by atoms with E-state index >= 15 is 0 Å². The molecule has 2 atom stereocenters. The van der Waals surface area contributed by atoms with Crippen molar-refractivity contribution in [2.24, 2.45) is 0 Å². The fraction of sp³-hybridized carbons (Fsp3) is 0.161. The molecule has 0 N–H and O–H groups in total. The first kappa shape index (κ1) is 41.2. The number of thiophene rings is 1. The summed E-state index contributed by atoms with van der Waals surface area (Å²) in [5, 5.41) is 7.92. The molecule has 0 fully saturated rings. The molecule has 12 rings (SSSR count). The van der Waals surface area contributed by atoms with E-state index in [4.69, 9.17) is 0 Å². The number of hydrogen-bond acceptors (Lipinski definition) is 1. The maximum atomic E-state index is 2.69. The molecule has 0 radical (unpaired) electrons. The summed E-state index contributed by atoms with van der Waals surface area (Å²) >= 11 is -0.252. The van der Waals surface area contributed by atoms with E-state index in [1.54, 1.807) is 3.57 Å². The fourth-order valence-electron chi connectivity index (χ4n) is 11.4. The molecule has 4 heterocycles. The number of fused-ring (bicyclic) bond motifs is 12. The van der Waals surface area contributed by atoms with Crippen LogP contribution in [0.15, 0.2) is 200 Å². The van der Waals surface area contributed by atoms with E-state index in [9.17, 15) is 0 Å². The van der Waals surface area contributed by atoms with Gasteiger partial charge in [-0.25, -0.2) is 0 Å². The fourth-order valence-corrected chi connectivity index (χ4v) is 20.9. The molecule has 0 saturated carbocycles. The van der Waals surface area contributed by atoms with Crippen molar-refractivity contribution < 1.29 is 0 Å². The second-order valence-electron chi connectivity index (χ2n) is 18.6. The Kier molecular flexibility index (Phi) is 9.99. The molecule has 0 spiro atoms. The van der Waals surface area contributed by atoms with Gasteiger partial charge in [0, 0.05) is 0 Å². The number of para-hydroxylation sites is 3. The Balaban J connectivity index is 1.05. The number of alkyl halides is 2. The molecule has 3 aromatic heterocycles. The standard InChI is InChI=1S/C62H53IN2S/c1-6-8-35-61(5,65-57-26-16-12-21-47(57)48-22-13-17-27-58(48)65)43-29-33-54-52(36-43)46-20-10-9-19-42(46)40-63(54)62(7-2,39-41(3)4)44-30-34-56-53(37-44)49-23-11-15-25-55(49)64(56)45-31-32-51-50-24-14-18-28-59(50)66-60(51)38-45/h6,8-34,36-39H,7,35,40H2,1-5H3/b8-6+. The number of aromatic nitrogens is 2. The van der Waals surface area contributed by atoms with Gasteiger partial charge in [-0.15, -0.1) is 0 Å². The Bertz CT molecular complexity index is 3730. The second-order valence-corrected chi connectivity index (χ2v) is 25.6. The van der Waals surface area contributed by atoms with Crippen molar-refractivity contribution in [1.82, 2.24) is 9.13 Å². The molecular weight excluding hydrogens is 932 g/mol. The average Bonchev–Trinajstić information content (AvgIpc) is 4.02. The number of rotatable bonds is 9. The van der Waals surface area contributed by atoms with Crippen molar-refractivity contribution >= 4 is 94.9 Å². The van der Waals surface area contributed by atoms with Crippen molar-refractivity contribution in [3.63, 3.8) is 0 Å². The van der Waals surface area contributed by atoms with Crippen LogP contribution in [0, 0.1) is 3.57 Å². The maximum absolute atomic E-state index is 2.69. The number of nitrogens with zero attached hydrogens (tertiary/aromatic N) is 2. The van der Waals surface area contributed by atoms with E-state index in [1.165, 1.54) is 103 Å². The van der Waals surface area contributed by atoms with Gasteiger partial charge in [0.2, 0.25) is 0 Å². The van der Waals surface area contributed by atoms with Crippen molar-refractivity contribution in [1.29, 1.82) is 0 Å². The number of halogens is 1. The van der Waals surface area contributed by atoms with Gasteiger partial charge in [0.15, 0.2) is 0 Å². The molecular formula is C62H53IN2S. The van der Waals surface area contributed by atoms with Crippen molar-refractivity contribution in [2.45, 2.75) is 60.8 Å². The molecule has 1 aliphatic heterocycles. The Hall–Kier alpha value is -6.21. The molecule has 8 aromatic carbocycles. The quantitative estimate of drug-likeness (QED) is 0.0775. The Morgan fingerprint density at radius 3 is 1.94 bits per heavy atom. The van der Waals surface area contributed by atoms with Crippen LogP contribution in [0.4, 0.5) is 0 Å². The van der Waals surface area contributed by atoms with E-state index in [2.05, 4.69) is 238 Å². The van der Waals surface area contributed by atoms with E-state index < -0.39 is 19.8 Å². The summed E-state index contributed by atoms with van der Waals surface area (Å²) in [6.07, 6.45) is 9.20. The third-order valence-electron chi connectivity index (χ3n) is 14.5. The summed E-state index contributed by atoms with van der Waals surface area (Å²) in [6.45, 7) is 11.7. The first-order chi connectivity index (χ1) is 32.3. The van der Waals surface area contributed by atoms with Crippen LogP contribution < -0.4 is 0 Å². The molecule has 4 heteroatoms. The Morgan fingerprint density at radius 1 is 0.591 bits per heavy atom. The second kappa shape index (κ2) is 16.0. The zero-order valence-corrected chi connectivity index (χ0v) is 41.3. The van der Waals surface area contributed by atoms with Gasteiger partial charge in [0.05, 0.1) is 0 Å². The molecule has 324 valence electrons. The zero-order valence-electron chi connectivity index (χ0n) is 38.3. The predicted octanol–water partition coefficient (Wildman–Crippen LogP) is 18.1. The molecule has 0 bridgehead atoms. The van der Waals surface area contributed by atoms with Crippen LogP contribution in [-0.4, -0.2) is 9.13 Å². The predicted molar refractivity (Wildman–Crippen MR) is 295 cm³/mol. The third-order valence-corrected chi connectivity index (χ3v) is 23.5. The number of allylic oxidation sites excluding steroid dienone is 4. The van der Waals surface area contributed by atoms with Gasteiger partial charge in [-0.05, 0) is 0 Å². The summed E-state index contributed by atoms with van der Waals surface area (Å²) in [5.41, 5.74) is 14.5. The van der Waals surface area contributed by atoms with Gasteiger partial charge < -0.3 is 0 Å². The van der Waals surface area contributed by atoms with Crippen LogP contribution in [0.3, 0.4) is 0 Å². The Labute approximate surface area is 398 Å². The average molecular weight is 985 g/mol. The summed E-state index contributed by atoms with van der Waals surface area (Å²) in [5.74, 6) is 0. The minimum atomic E-state index is -2.14. The van der Waals surface area contributed by atoms with Crippen molar-refractivity contribution in [2.75, 3.05) is 0 Å². The van der Waals surface area contributed by atoms with E-state index in [1.807, 2.05) is 11.3 Å². The third kappa shape index (κ3) is 6.24. The van der Waals surface area contributed by atoms with Gasteiger partial charge in [-0.3, -0.25) is 0 Å². The van der Waals surface area contributed by atoms with E-state index in [-0.39, 0.29) is 8.96 Å². The summed E-state index contributed by atoms with van der Waals surface area (Å²) in [4.78, 5) is 0. The van der Waals surface area contributed by atoms with Crippen LogP contribution in [0.25, 0.3) is 80.6 Å².